The van der Waals surface area contributed by atoms with Gasteiger partial charge in [0.25, 0.3) is 0 Å². The van der Waals surface area contributed by atoms with E-state index < -0.39 is 6.04 Å². The van der Waals surface area contributed by atoms with Crippen LogP contribution >= 0.6 is 0 Å². The van der Waals surface area contributed by atoms with Crippen LogP contribution in [0.1, 0.15) is 52.9 Å². The lowest BCUT2D eigenvalue weighted by molar-refractivity contribution is -0.146. The molecule has 0 bridgehead atoms. The summed E-state index contributed by atoms with van der Waals surface area (Å²) in [6.07, 6.45) is 4.73. The maximum Gasteiger partial charge on any atom is 0.328 e. The molecule has 0 aromatic rings. The second-order valence-electron chi connectivity index (χ2n) is 4.62. The fraction of sp³-hybridized carbons (Fsp3) is 0.846. The van der Waals surface area contributed by atoms with Crippen LogP contribution in [-0.2, 0) is 14.3 Å². The van der Waals surface area contributed by atoms with Gasteiger partial charge >= 0.3 is 5.97 Å². The van der Waals surface area contributed by atoms with E-state index in [1.54, 1.807) is 0 Å². The van der Waals surface area contributed by atoms with E-state index in [4.69, 9.17) is 0 Å². The van der Waals surface area contributed by atoms with Gasteiger partial charge in [0.2, 0.25) is 5.91 Å². The summed E-state index contributed by atoms with van der Waals surface area (Å²) in [6, 6.07) is -0.529. The highest BCUT2D eigenvalue weighted by Gasteiger charge is 2.24. The van der Waals surface area contributed by atoms with E-state index >= 15 is 0 Å². The van der Waals surface area contributed by atoms with E-state index in [2.05, 4.69) is 17.0 Å². The van der Waals surface area contributed by atoms with E-state index in [1.165, 1.54) is 7.11 Å². The van der Waals surface area contributed by atoms with Crippen molar-refractivity contribution in [2.24, 2.45) is 5.92 Å². The molecule has 0 aliphatic heterocycles. The zero-order valence-electron chi connectivity index (χ0n) is 11.4. The van der Waals surface area contributed by atoms with Crippen molar-refractivity contribution in [2.75, 3.05) is 7.11 Å². The molecule has 0 radical (unpaired) electrons. The number of rotatable bonds is 8. The van der Waals surface area contributed by atoms with Gasteiger partial charge in [0, 0.05) is 6.42 Å². The van der Waals surface area contributed by atoms with Gasteiger partial charge in [-0.3, -0.25) is 4.79 Å². The van der Waals surface area contributed by atoms with Crippen molar-refractivity contribution < 1.29 is 14.3 Å². The number of unbranched alkanes of at least 4 members (excludes halogenated alkanes) is 3. The molecule has 0 aliphatic carbocycles. The molecule has 0 saturated heterocycles. The van der Waals surface area contributed by atoms with Crippen molar-refractivity contribution in [2.45, 2.75) is 58.9 Å². The summed E-state index contributed by atoms with van der Waals surface area (Å²) in [5.74, 6) is -0.394. The van der Waals surface area contributed by atoms with Gasteiger partial charge in [-0.15, -0.1) is 0 Å². The second kappa shape index (κ2) is 9.02. The Balaban J connectivity index is 4.00. The number of hydrogen-bond acceptors (Lipinski definition) is 3. The third-order valence-corrected chi connectivity index (χ3v) is 2.70. The van der Waals surface area contributed by atoms with Crippen LogP contribution in [0.25, 0.3) is 0 Å². The summed E-state index contributed by atoms with van der Waals surface area (Å²) in [6.45, 7) is 5.91. The molecule has 0 saturated carbocycles. The fourth-order valence-electron chi connectivity index (χ4n) is 1.58. The van der Waals surface area contributed by atoms with Gasteiger partial charge in [0.05, 0.1) is 7.11 Å². The molecule has 100 valence electrons. The fourth-order valence-corrected chi connectivity index (χ4v) is 1.58. The van der Waals surface area contributed by atoms with Crippen molar-refractivity contribution in [3.8, 4) is 0 Å². The number of nitrogens with one attached hydrogen (secondary N) is 1. The molecule has 0 rings (SSSR count). The summed E-state index contributed by atoms with van der Waals surface area (Å²) in [5, 5.41) is 2.73. The highest BCUT2D eigenvalue weighted by atomic mass is 16.5. The minimum absolute atomic E-state index is 0.0436. The van der Waals surface area contributed by atoms with E-state index in [1.807, 2.05) is 13.8 Å². The van der Waals surface area contributed by atoms with Crippen molar-refractivity contribution in [3.05, 3.63) is 0 Å². The summed E-state index contributed by atoms with van der Waals surface area (Å²) < 4.78 is 4.66. The molecule has 0 spiro atoms. The number of amides is 1. The Morgan fingerprint density at radius 3 is 2.29 bits per heavy atom. The van der Waals surface area contributed by atoms with Crippen LogP contribution in [0.15, 0.2) is 0 Å². The van der Waals surface area contributed by atoms with Crippen molar-refractivity contribution >= 4 is 11.9 Å². The maximum absolute atomic E-state index is 11.6. The quantitative estimate of drug-likeness (QED) is 0.525. The third kappa shape index (κ3) is 6.97. The van der Waals surface area contributed by atoms with Crippen LogP contribution < -0.4 is 5.32 Å². The third-order valence-electron chi connectivity index (χ3n) is 2.70. The highest BCUT2D eigenvalue weighted by Crippen LogP contribution is 2.06. The first-order valence-electron chi connectivity index (χ1n) is 6.40. The SMILES string of the molecule is CCCCCCC(=O)NC(C(=O)OC)C(C)C. The Morgan fingerprint density at radius 2 is 1.82 bits per heavy atom. The van der Waals surface area contributed by atoms with Crippen LogP contribution in [0.2, 0.25) is 0 Å². The average Bonchev–Trinajstić information content (AvgIpc) is 2.30. The Labute approximate surface area is 104 Å². The first kappa shape index (κ1) is 15.9. The van der Waals surface area contributed by atoms with Gasteiger partial charge in [-0.2, -0.15) is 0 Å². The monoisotopic (exact) mass is 243 g/mol. The lowest BCUT2D eigenvalue weighted by atomic mass is 10.0. The van der Waals surface area contributed by atoms with Crippen molar-refractivity contribution in [3.63, 3.8) is 0 Å². The Kier molecular flexibility index (Phi) is 8.46. The van der Waals surface area contributed by atoms with Crippen LogP contribution in [-0.4, -0.2) is 25.0 Å². The van der Waals surface area contributed by atoms with Crippen LogP contribution in [0, 0.1) is 5.92 Å². The van der Waals surface area contributed by atoms with Gasteiger partial charge < -0.3 is 10.1 Å². The molecule has 4 nitrogen and oxygen atoms in total. The van der Waals surface area contributed by atoms with Gasteiger partial charge in [-0.05, 0) is 12.3 Å². The molecule has 1 N–H and O–H groups in total. The topological polar surface area (TPSA) is 55.4 Å². The molecule has 0 fully saturated rings. The summed E-state index contributed by atoms with van der Waals surface area (Å²) in [7, 11) is 1.34. The maximum atomic E-state index is 11.6. The molecular formula is C13H25NO3. The smallest absolute Gasteiger partial charge is 0.328 e. The summed E-state index contributed by atoms with van der Waals surface area (Å²) >= 11 is 0. The zero-order valence-corrected chi connectivity index (χ0v) is 11.4. The molecule has 0 aromatic carbocycles. The summed E-state index contributed by atoms with van der Waals surface area (Å²) in [5.41, 5.74) is 0. The number of carbonyl (C=O) groups is 2. The summed E-state index contributed by atoms with van der Waals surface area (Å²) in [4.78, 5) is 23.1. The Bertz CT molecular complexity index is 239. The zero-order chi connectivity index (χ0) is 13.3. The van der Waals surface area contributed by atoms with Crippen molar-refractivity contribution in [1.82, 2.24) is 5.32 Å². The molecule has 0 aliphatic rings. The molecule has 0 aromatic heterocycles. The predicted molar refractivity (Wildman–Crippen MR) is 67.5 cm³/mol. The van der Waals surface area contributed by atoms with E-state index in [-0.39, 0.29) is 17.8 Å². The first-order chi connectivity index (χ1) is 8.02. The first-order valence-corrected chi connectivity index (χ1v) is 6.40. The van der Waals surface area contributed by atoms with Crippen LogP contribution in [0.4, 0.5) is 0 Å². The minimum atomic E-state index is -0.529. The second-order valence-corrected chi connectivity index (χ2v) is 4.62. The highest BCUT2D eigenvalue weighted by molar-refractivity contribution is 5.84. The van der Waals surface area contributed by atoms with Gasteiger partial charge in [-0.25, -0.2) is 4.79 Å². The Hall–Kier alpha value is -1.06. The van der Waals surface area contributed by atoms with Gasteiger partial charge in [0.1, 0.15) is 6.04 Å². The number of hydrogen-bond donors (Lipinski definition) is 1. The normalized spacial score (nSPS) is 12.3. The van der Waals surface area contributed by atoms with Gasteiger partial charge in [0.15, 0.2) is 0 Å². The average molecular weight is 243 g/mol. The number of carbonyl (C=O) groups excluding carboxylic acids is 2. The lowest BCUT2D eigenvalue weighted by Gasteiger charge is -2.19. The number of methoxy groups -OCH3 is 1. The van der Waals surface area contributed by atoms with E-state index in [9.17, 15) is 9.59 Å². The number of esters is 1. The molecule has 1 unspecified atom stereocenters. The molecule has 1 amide bonds. The largest absolute Gasteiger partial charge is 0.467 e. The molecule has 4 heteroatoms. The van der Waals surface area contributed by atoms with Crippen molar-refractivity contribution in [1.29, 1.82) is 0 Å². The number of ether oxygens (including phenoxy) is 1. The molecule has 17 heavy (non-hydrogen) atoms. The minimum Gasteiger partial charge on any atom is -0.467 e. The lowest BCUT2D eigenvalue weighted by Crippen LogP contribution is -2.44. The predicted octanol–water partition coefficient (Wildman–Crippen LogP) is 2.27. The van der Waals surface area contributed by atoms with Crippen LogP contribution in [0.5, 0.6) is 0 Å². The van der Waals surface area contributed by atoms with Crippen LogP contribution in [0.3, 0.4) is 0 Å². The molecule has 0 heterocycles. The van der Waals surface area contributed by atoms with Gasteiger partial charge in [-0.1, -0.05) is 40.0 Å². The Morgan fingerprint density at radius 1 is 1.18 bits per heavy atom. The standard InChI is InChI=1S/C13H25NO3/c1-5-6-7-8-9-11(15)14-12(10(2)3)13(16)17-4/h10,12H,5-9H2,1-4H3,(H,14,15). The molecule has 1 atom stereocenters. The molecular weight excluding hydrogens is 218 g/mol. The van der Waals surface area contributed by atoms with E-state index in [0.717, 1.165) is 25.7 Å². The van der Waals surface area contributed by atoms with E-state index in [0.29, 0.717) is 6.42 Å².